The predicted molar refractivity (Wildman–Crippen MR) is 134 cm³/mol. The van der Waals surface area contributed by atoms with Crippen LogP contribution in [0.2, 0.25) is 5.02 Å². The van der Waals surface area contributed by atoms with Crippen LogP contribution in [0.15, 0.2) is 78.4 Å². The van der Waals surface area contributed by atoms with Gasteiger partial charge >= 0.3 is 0 Å². The first-order chi connectivity index (χ1) is 16.9. The van der Waals surface area contributed by atoms with Gasteiger partial charge in [0.15, 0.2) is 0 Å². The number of hydrogen-bond acceptors (Lipinski definition) is 5. The number of aliphatic hydroxyl groups is 1. The Morgan fingerprint density at radius 1 is 1.03 bits per heavy atom. The van der Waals surface area contributed by atoms with Crippen LogP contribution in [0.1, 0.15) is 28.3 Å². The third-order valence-electron chi connectivity index (χ3n) is 5.89. The number of hydrogen-bond donors (Lipinski definition) is 1. The summed E-state index contributed by atoms with van der Waals surface area (Å²) >= 11 is 5.98. The van der Waals surface area contributed by atoms with Crippen LogP contribution in [0.4, 0.5) is 0 Å². The van der Waals surface area contributed by atoms with Crippen LogP contribution < -0.4 is 4.74 Å². The number of halogens is 1. The molecule has 1 atom stereocenters. The molecule has 0 aromatic heterocycles. The number of amides is 1. The third kappa shape index (κ3) is 5.39. The van der Waals surface area contributed by atoms with Crippen molar-refractivity contribution in [1.82, 2.24) is 4.90 Å². The van der Waals surface area contributed by atoms with Crippen molar-refractivity contribution in [3.63, 3.8) is 0 Å². The summed E-state index contributed by atoms with van der Waals surface area (Å²) in [5.41, 5.74) is 3.26. The van der Waals surface area contributed by atoms with Crippen molar-refractivity contribution in [2.75, 3.05) is 20.3 Å². The number of ketones is 1. The average molecular weight is 492 g/mol. The SMILES string of the molecule is COCCN1C(=O)C(=O)/C(=C(\O)c2ccc(Cl)cc2)C1c1cccc(OCc2ccc(C)cc2)c1. The van der Waals surface area contributed by atoms with Gasteiger partial charge in [0.1, 0.15) is 18.1 Å². The molecule has 3 aromatic carbocycles. The van der Waals surface area contributed by atoms with Gasteiger partial charge in [-0.25, -0.2) is 0 Å². The van der Waals surface area contributed by atoms with Gasteiger partial charge in [0.25, 0.3) is 11.7 Å². The fourth-order valence-electron chi connectivity index (χ4n) is 4.04. The van der Waals surface area contributed by atoms with Crippen molar-refractivity contribution in [2.45, 2.75) is 19.6 Å². The Morgan fingerprint density at radius 2 is 1.74 bits per heavy atom. The highest BCUT2D eigenvalue weighted by molar-refractivity contribution is 6.46. The highest BCUT2D eigenvalue weighted by Gasteiger charge is 2.46. The van der Waals surface area contributed by atoms with Crippen molar-refractivity contribution >= 4 is 29.1 Å². The standard InChI is InChI=1S/C28H26ClNO5/c1-18-6-8-19(9-7-18)17-35-23-5-3-4-21(16-23)25-24(26(31)20-10-12-22(29)13-11-20)27(32)28(33)30(25)14-15-34-2/h3-13,16,25,31H,14-15,17H2,1-2H3/b26-24-. The van der Waals surface area contributed by atoms with E-state index in [0.29, 0.717) is 28.5 Å². The van der Waals surface area contributed by atoms with Crippen molar-refractivity contribution < 1.29 is 24.2 Å². The Morgan fingerprint density at radius 3 is 2.43 bits per heavy atom. The molecule has 0 aliphatic carbocycles. The van der Waals surface area contributed by atoms with Gasteiger partial charge in [-0.3, -0.25) is 9.59 Å². The van der Waals surface area contributed by atoms with E-state index in [1.54, 1.807) is 36.4 Å². The van der Waals surface area contributed by atoms with Gasteiger partial charge in [-0.1, -0.05) is 53.6 Å². The smallest absolute Gasteiger partial charge is 0.295 e. The Kier molecular flexibility index (Phi) is 7.54. The molecule has 1 unspecified atom stereocenters. The van der Waals surface area contributed by atoms with Crippen LogP contribution in [0.5, 0.6) is 5.75 Å². The lowest BCUT2D eigenvalue weighted by molar-refractivity contribution is -0.140. The minimum absolute atomic E-state index is 0.0177. The van der Waals surface area contributed by atoms with Crippen LogP contribution in [0, 0.1) is 6.92 Å². The maximum absolute atomic E-state index is 13.1. The van der Waals surface area contributed by atoms with E-state index >= 15 is 0 Å². The number of aryl methyl sites for hydroxylation is 1. The molecule has 1 fully saturated rings. The lowest BCUT2D eigenvalue weighted by Crippen LogP contribution is -2.32. The van der Waals surface area contributed by atoms with Gasteiger partial charge in [0, 0.05) is 24.2 Å². The molecular weight excluding hydrogens is 466 g/mol. The summed E-state index contributed by atoms with van der Waals surface area (Å²) in [4.78, 5) is 27.4. The summed E-state index contributed by atoms with van der Waals surface area (Å²) in [6, 6.07) is 20.9. The molecule has 1 saturated heterocycles. The molecule has 1 aliphatic heterocycles. The zero-order chi connectivity index (χ0) is 24.9. The molecule has 1 N–H and O–H groups in total. The highest BCUT2D eigenvalue weighted by atomic mass is 35.5. The number of aliphatic hydroxyl groups excluding tert-OH is 1. The summed E-state index contributed by atoms with van der Waals surface area (Å²) in [5, 5.41) is 11.6. The maximum atomic E-state index is 13.1. The maximum Gasteiger partial charge on any atom is 0.295 e. The van der Waals surface area contributed by atoms with E-state index in [1.165, 1.54) is 17.6 Å². The number of carbonyl (C=O) groups is 2. The summed E-state index contributed by atoms with van der Waals surface area (Å²) in [5.74, 6) is -1.10. The van der Waals surface area contributed by atoms with Crippen LogP contribution in [-0.2, 0) is 20.9 Å². The minimum atomic E-state index is -0.788. The second-order valence-corrected chi connectivity index (χ2v) is 8.78. The number of rotatable bonds is 8. The zero-order valence-corrected chi connectivity index (χ0v) is 20.3. The lowest BCUT2D eigenvalue weighted by Gasteiger charge is -2.25. The van der Waals surface area contributed by atoms with Crippen LogP contribution in [0.25, 0.3) is 5.76 Å². The molecule has 1 heterocycles. The topological polar surface area (TPSA) is 76.1 Å². The number of ether oxygens (including phenoxy) is 2. The Hall–Kier alpha value is -3.61. The molecular formula is C28H26ClNO5. The monoisotopic (exact) mass is 491 g/mol. The number of Topliss-reactive ketones (excluding diaryl/α,β-unsaturated/α-hetero) is 1. The van der Waals surface area contributed by atoms with Gasteiger partial charge in [0.2, 0.25) is 0 Å². The Labute approximate surface area is 209 Å². The lowest BCUT2D eigenvalue weighted by atomic mass is 9.95. The summed E-state index contributed by atoms with van der Waals surface area (Å²) in [6.45, 7) is 2.84. The second-order valence-electron chi connectivity index (χ2n) is 8.34. The van der Waals surface area contributed by atoms with Gasteiger partial charge in [-0.15, -0.1) is 0 Å². The summed E-state index contributed by atoms with van der Waals surface area (Å²) in [7, 11) is 1.53. The summed E-state index contributed by atoms with van der Waals surface area (Å²) < 4.78 is 11.2. The zero-order valence-electron chi connectivity index (χ0n) is 19.5. The number of carbonyl (C=O) groups excluding carboxylic acids is 2. The number of methoxy groups -OCH3 is 1. The largest absolute Gasteiger partial charge is 0.507 e. The molecule has 1 aliphatic rings. The first kappa shape index (κ1) is 24.5. The van der Waals surface area contributed by atoms with E-state index in [-0.39, 0.29) is 24.5 Å². The quantitative estimate of drug-likeness (QED) is 0.263. The van der Waals surface area contributed by atoms with E-state index in [2.05, 4.69) is 0 Å². The summed E-state index contributed by atoms with van der Waals surface area (Å²) in [6.07, 6.45) is 0. The van der Waals surface area contributed by atoms with Crippen LogP contribution in [0.3, 0.4) is 0 Å². The van der Waals surface area contributed by atoms with Gasteiger partial charge in [-0.05, 0) is 54.4 Å². The van der Waals surface area contributed by atoms with E-state index in [4.69, 9.17) is 21.1 Å². The molecule has 4 rings (SSSR count). The van der Waals surface area contributed by atoms with E-state index in [9.17, 15) is 14.7 Å². The molecule has 0 radical (unpaired) electrons. The van der Waals surface area contributed by atoms with Gasteiger partial charge in [0.05, 0.1) is 18.2 Å². The van der Waals surface area contributed by atoms with E-state index < -0.39 is 17.7 Å². The van der Waals surface area contributed by atoms with Crippen LogP contribution >= 0.6 is 11.6 Å². The van der Waals surface area contributed by atoms with Crippen molar-refractivity contribution in [3.8, 4) is 5.75 Å². The molecule has 35 heavy (non-hydrogen) atoms. The molecule has 7 heteroatoms. The number of benzene rings is 3. The minimum Gasteiger partial charge on any atom is -0.507 e. The molecule has 0 spiro atoms. The molecule has 180 valence electrons. The molecule has 3 aromatic rings. The van der Waals surface area contributed by atoms with Crippen molar-refractivity contribution in [1.29, 1.82) is 0 Å². The van der Waals surface area contributed by atoms with E-state index in [1.807, 2.05) is 43.3 Å². The molecule has 0 bridgehead atoms. The first-order valence-corrected chi connectivity index (χ1v) is 11.6. The molecule has 0 saturated carbocycles. The molecule has 1 amide bonds. The van der Waals surface area contributed by atoms with Gasteiger partial charge in [-0.2, -0.15) is 0 Å². The first-order valence-electron chi connectivity index (χ1n) is 11.2. The van der Waals surface area contributed by atoms with Gasteiger partial charge < -0.3 is 19.5 Å². The fraction of sp³-hybridized carbons (Fsp3) is 0.214. The van der Waals surface area contributed by atoms with E-state index in [0.717, 1.165) is 5.56 Å². The Balaban J connectivity index is 1.71. The predicted octanol–water partition coefficient (Wildman–Crippen LogP) is 5.30. The van der Waals surface area contributed by atoms with Crippen LogP contribution in [-0.4, -0.2) is 42.0 Å². The highest BCUT2D eigenvalue weighted by Crippen LogP contribution is 2.40. The number of likely N-dealkylation sites (tertiary alicyclic amines) is 1. The third-order valence-corrected chi connectivity index (χ3v) is 6.15. The Bertz CT molecular complexity index is 1250. The van der Waals surface area contributed by atoms with Crippen molar-refractivity contribution in [3.05, 3.63) is 106 Å². The second kappa shape index (κ2) is 10.8. The average Bonchev–Trinajstić information content (AvgIpc) is 3.12. The van der Waals surface area contributed by atoms with Crippen molar-refractivity contribution in [2.24, 2.45) is 0 Å². The number of nitrogens with zero attached hydrogens (tertiary/aromatic N) is 1. The fourth-order valence-corrected chi connectivity index (χ4v) is 4.16. The molecule has 6 nitrogen and oxygen atoms in total. The normalized spacial score (nSPS) is 17.1.